The lowest BCUT2D eigenvalue weighted by molar-refractivity contribution is -0.250. The Morgan fingerprint density at radius 1 is 0.872 bits per heavy atom. The summed E-state index contributed by atoms with van der Waals surface area (Å²) in [6, 6.07) is 0. The van der Waals surface area contributed by atoms with E-state index in [-0.39, 0.29) is 24.2 Å². The van der Waals surface area contributed by atoms with Gasteiger partial charge in [0.1, 0.15) is 12.2 Å². The van der Waals surface area contributed by atoms with Crippen molar-refractivity contribution >= 4 is 29.7 Å². The number of rotatable bonds is 4. The van der Waals surface area contributed by atoms with Crippen molar-refractivity contribution in [2.24, 2.45) is 22.7 Å². The minimum Gasteiger partial charge on any atom is -0.462 e. The Labute approximate surface area is 227 Å². The maximum absolute atomic E-state index is 13.7. The van der Waals surface area contributed by atoms with Gasteiger partial charge in [-0.05, 0) is 12.5 Å². The van der Waals surface area contributed by atoms with Gasteiger partial charge >= 0.3 is 23.9 Å². The van der Waals surface area contributed by atoms with Gasteiger partial charge in [-0.25, -0.2) is 0 Å². The Morgan fingerprint density at radius 2 is 1.38 bits per heavy atom. The summed E-state index contributed by atoms with van der Waals surface area (Å²) < 4.78 is 29.9. The molecule has 216 valence electrons. The molecule has 0 aromatic carbocycles. The molecule has 1 N–H and O–H groups in total. The van der Waals surface area contributed by atoms with E-state index in [1.165, 1.54) is 27.7 Å². The van der Waals surface area contributed by atoms with E-state index >= 15 is 0 Å². The van der Waals surface area contributed by atoms with E-state index < -0.39 is 88.3 Å². The van der Waals surface area contributed by atoms with Crippen LogP contribution in [0.15, 0.2) is 12.2 Å². The quantitative estimate of drug-likeness (QED) is 0.236. The van der Waals surface area contributed by atoms with Gasteiger partial charge in [-0.1, -0.05) is 27.4 Å². The van der Waals surface area contributed by atoms with E-state index in [1.807, 2.05) is 13.8 Å². The number of aliphatic hydroxyl groups is 1. The van der Waals surface area contributed by atoms with Crippen LogP contribution in [0.4, 0.5) is 0 Å². The summed E-state index contributed by atoms with van der Waals surface area (Å²) in [5, 5.41) is 11.1. The Kier molecular flexibility index (Phi) is 6.83. The monoisotopic (exact) mass is 550 g/mol. The molecule has 0 aromatic heterocycles. The van der Waals surface area contributed by atoms with Crippen molar-refractivity contribution in [3.05, 3.63) is 12.2 Å². The molecule has 10 atom stereocenters. The molecule has 39 heavy (non-hydrogen) atoms. The first kappa shape index (κ1) is 29.2. The average Bonchev–Trinajstić information content (AvgIpc) is 3.45. The molecule has 1 saturated heterocycles. The van der Waals surface area contributed by atoms with Crippen molar-refractivity contribution in [2.75, 3.05) is 0 Å². The van der Waals surface area contributed by atoms with E-state index in [0.717, 1.165) is 0 Å². The summed E-state index contributed by atoms with van der Waals surface area (Å²) in [5.74, 6) is -4.68. The van der Waals surface area contributed by atoms with Crippen molar-refractivity contribution in [3.63, 3.8) is 0 Å². The maximum atomic E-state index is 13.7. The largest absolute Gasteiger partial charge is 0.462 e. The van der Waals surface area contributed by atoms with E-state index in [4.69, 9.17) is 23.7 Å². The summed E-state index contributed by atoms with van der Waals surface area (Å²) >= 11 is 0. The van der Waals surface area contributed by atoms with Crippen LogP contribution < -0.4 is 0 Å². The van der Waals surface area contributed by atoms with E-state index in [9.17, 15) is 29.1 Å². The highest BCUT2D eigenvalue weighted by molar-refractivity contribution is 5.94. The molecule has 0 radical (unpaired) electrons. The predicted molar refractivity (Wildman–Crippen MR) is 133 cm³/mol. The lowest BCUT2D eigenvalue weighted by atomic mass is 9.45. The number of hydrogen-bond donors (Lipinski definition) is 1. The topological polar surface area (TPSA) is 155 Å². The first-order valence-electron chi connectivity index (χ1n) is 13.1. The molecule has 4 fully saturated rings. The van der Waals surface area contributed by atoms with Gasteiger partial charge in [0.05, 0.1) is 11.5 Å². The number of Topliss-reactive ketones (excluding diaryl/α,β-unsaturated/α-hetero) is 1. The predicted octanol–water partition coefficient (Wildman–Crippen LogP) is 1.81. The first-order chi connectivity index (χ1) is 17.9. The van der Waals surface area contributed by atoms with Gasteiger partial charge in [0, 0.05) is 57.8 Å². The van der Waals surface area contributed by atoms with Crippen LogP contribution in [-0.4, -0.2) is 76.5 Å². The van der Waals surface area contributed by atoms with Gasteiger partial charge in [0.15, 0.2) is 29.2 Å². The Bertz CT molecular complexity index is 1140. The number of carbonyl (C=O) groups excluding carboxylic acids is 5. The molecule has 1 heterocycles. The van der Waals surface area contributed by atoms with Crippen molar-refractivity contribution in [1.29, 1.82) is 0 Å². The van der Waals surface area contributed by atoms with Gasteiger partial charge in [-0.15, -0.1) is 0 Å². The van der Waals surface area contributed by atoms with Crippen molar-refractivity contribution in [1.82, 2.24) is 0 Å². The maximum Gasteiger partial charge on any atom is 0.303 e. The zero-order chi connectivity index (χ0) is 29.5. The second-order valence-corrected chi connectivity index (χ2v) is 12.2. The minimum absolute atomic E-state index is 0.0393. The molecule has 1 spiro atoms. The number of aliphatic hydroxyl groups excluding tert-OH is 1. The normalized spacial score (nSPS) is 44.0. The molecule has 10 unspecified atom stereocenters. The fourth-order valence-corrected chi connectivity index (χ4v) is 7.98. The van der Waals surface area contributed by atoms with Crippen molar-refractivity contribution in [2.45, 2.75) is 110 Å². The third-order valence-corrected chi connectivity index (χ3v) is 9.69. The summed E-state index contributed by atoms with van der Waals surface area (Å²) in [6.45, 7) is 15.9. The molecular weight excluding hydrogens is 512 g/mol. The van der Waals surface area contributed by atoms with Crippen molar-refractivity contribution < 1.29 is 52.8 Å². The van der Waals surface area contributed by atoms with Gasteiger partial charge < -0.3 is 28.8 Å². The van der Waals surface area contributed by atoms with Crippen molar-refractivity contribution in [3.8, 4) is 0 Å². The number of hydrogen-bond acceptors (Lipinski definition) is 11. The number of ether oxygens (including phenoxy) is 5. The molecule has 1 aliphatic heterocycles. The zero-order valence-electron chi connectivity index (χ0n) is 23.7. The zero-order valence-corrected chi connectivity index (χ0v) is 23.7. The molecule has 2 bridgehead atoms. The molecule has 4 rings (SSSR count). The van der Waals surface area contributed by atoms with Gasteiger partial charge in [0.25, 0.3) is 0 Å². The van der Waals surface area contributed by atoms with E-state index in [2.05, 4.69) is 6.58 Å². The number of ketones is 1. The highest BCUT2D eigenvalue weighted by Crippen LogP contribution is 2.72. The molecule has 11 nitrogen and oxygen atoms in total. The Hall–Kier alpha value is -2.79. The molecule has 11 heteroatoms. The second kappa shape index (κ2) is 9.12. The summed E-state index contributed by atoms with van der Waals surface area (Å²) in [4.78, 5) is 63.7. The summed E-state index contributed by atoms with van der Waals surface area (Å²) in [6.07, 6.45) is -6.13. The van der Waals surface area contributed by atoms with Crippen LogP contribution in [0.2, 0.25) is 0 Å². The number of carbonyl (C=O) groups is 5. The SMILES string of the molecule is C=C1C(O)CC(OC(C)=O)C2(C)C(OC(C)=O)C(OC(C)=O)C34OC3(C)C(=O)CC(C(OC(C)=O)C12)C4(C)C. The van der Waals surface area contributed by atoms with Gasteiger partial charge in [-0.2, -0.15) is 0 Å². The van der Waals surface area contributed by atoms with Crippen LogP contribution in [0.5, 0.6) is 0 Å². The van der Waals surface area contributed by atoms with Gasteiger partial charge in [0.2, 0.25) is 0 Å². The molecule has 0 aromatic rings. The van der Waals surface area contributed by atoms with Crippen LogP contribution >= 0.6 is 0 Å². The van der Waals surface area contributed by atoms with Crippen LogP contribution in [0.1, 0.15) is 68.2 Å². The van der Waals surface area contributed by atoms with Crippen LogP contribution in [0.3, 0.4) is 0 Å². The second-order valence-electron chi connectivity index (χ2n) is 12.2. The third kappa shape index (κ3) is 3.95. The lowest BCUT2D eigenvalue weighted by Crippen LogP contribution is -2.73. The number of epoxide rings is 1. The standard InChI is InChI=1S/C28H38O11/c1-12-18(33)11-20(35-13(2)29)26(8)21(12)22(36-14(3)30)17-10-19(34)27(9)28(39-27,25(17,6)7)24(38-16(5)32)23(26)37-15(4)31/h17-18,20-24,33H,1,10-11H2,2-9H3. The van der Waals surface area contributed by atoms with Crippen LogP contribution in [0, 0.1) is 22.7 Å². The highest BCUT2D eigenvalue weighted by Gasteiger charge is 2.88. The molecule has 3 saturated carbocycles. The average molecular weight is 551 g/mol. The first-order valence-corrected chi connectivity index (χ1v) is 13.1. The van der Waals surface area contributed by atoms with E-state index in [0.29, 0.717) is 0 Å². The fraction of sp³-hybridized carbons (Fsp3) is 0.750. The highest BCUT2D eigenvalue weighted by atomic mass is 16.7. The number of esters is 4. The molecular formula is C28H38O11. The Balaban J connectivity index is 2.11. The molecule has 3 aliphatic carbocycles. The molecule has 4 aliphatic rings. The van der Waals surface area contributed by atoms with E-state index in [1.54, 1.807) is 13.8 Å². The smallest absolute Gasteiger partial charge is 0.303 e. The Morgan fingerprint density at radius 3 is 1.90 bits per heavy atom. The van der Waals surface area contributed by atoms with Crippen LogP contribution in [0.25, 0.3) is 0 Å². The fourth-order valence-electron chi connectivity index (χ4n) is 7.98. The summed E-state index contributed by atoms with van der Waals surface area (Å²) in [5.41, 5.74) is -5.04. The molecule has 0 amide bonds. The lowest BCUT2D eigenvalue weighted by Gasteiger charge is -2.61. The van der Waals surface area contributed by atoms with Gasteiger partial charge in [-0.3, -0.25) is 24.0 Å². The third-order valence-electron chi connectivity index (χ3n) is 9.69. The summed E-state index contributed by atoms with van der Waals surface area (Å²) in [7, 11) is 0. The number of fused-ring (bicyclic) bond motifs is 2. The minimum atomic E-state index is -1.48. The van der Waals surface area contributed by atoms with Crippen LogP contribution in [-0.2, 0) is 47.7 Å².